The van der Waals surface area contributed by atoms with Crippen molar-refractivity contribution in [2.75, 3.05) is 5.32 Å². The first-order valence-electron chi connectivity index (χ1n) is 6.12. The number of carbonyl (C=O) groups excluding carboxylic acids is 1. The topological polar surface area (TPSA) is 42.0 Å². The van der Waals surface area contributed by atoms with Crippen LogP contribution < -0.4 is 5.32 Å². The van der Waals surface area contributed by atoms with Crippen LogP contribution in [0.15, 0.2) is 29.6 Å². The fourth-order valence-corrected chi connectivity index (χ4v) is 4.28. The number of aromatic nitrogens is 1. The van der Waals surface area contributed by atoms with Crippen LogP contribution in [0.5, 0.6) is 0 Å². The Morgan fingerprint density at radius 3 is 2.70 bits per heavy atom. The molecule has 23 heavy (non-hydrogen) atoms. The number of anilines is 1. The Bertz CT molecular complexity index is 874. The van der Waals surface area contributed by atoms with E-state index in [0.717, 1.165) is 0 Å². The van der Waals surface area contributed by atoms with E-state index in [2.05, 4.69) is 10.3 Å². The number of hydrogen-bond acceptors (Lipinski definition) is 4. The molecule has 0 spiro atoms. The number of carbonyl (C=O) groups is 1. The third-order valence-corrected chi connectivity index (χ3v) is 5.41. The molecule has 0 atom stereocenters. The summed E-state index contributed by atoms with van der Waals surface area (Å²) in [5, 5.41) is 4.59. The average molecular weight is 408 g/mol. The molecule has 0 saturated carbocycles. The van der Waals surface area contributed by atoms with Crippen molar-refractivity contribution in [2.45, 2.75) is 0 Å². The van der Waals surface area contributed by atoms with Crippen molar-refractivity contribution in [3.8, 4) is 11.3 Å². The molecule has 118 valence electrons. The van der Waals surface area contributed by atoms with E-state index in [1.165, 1.54) is 40.9 Å². The Hall–Kier alpha value is -1.18. The van der Waals surface area contributed by atoms with E-state index < -0.39 is 11.7 Å². The Morgan fingerprint density at radius 1 is 1.26 bits per heavy atom. The van der Waals surface area contributed by atoms with Gasteiger partial charge in [-0.15, -0.1) is 22.7 Å². The van der Waals surface area contributed by atoms with E-state index in [1.807, 2.05) is 0 Å². The van der Waals surface area contributed by atoms with Gasteiger partial charge >= 0.3 is 0 Å². The Morgan fingerprint density at radius 2 is 2.04 bits per heavy atom. The molecule has 0 radical (unpaired) electrons. The van der Waals surface area contributed by atoms with Gasteiger partial charge in [0.15, 0.2) is 5.13 Å². The Kier molecular flexibility index (Phi) is 4.89. The zero-order chi connectivity index (χ0) is 16.6. The number of thiophene rings is 1. The number of nitrogens with zero attached hydrogens (tertiary/aromatic N) is 1. The largest absolute Gasteiger partial charge is 0.298 e. The van der Waals surface area contributed by atoms with Gasteiger partial charge in [0.1, 0.15) is 10.2 Å². The molecule has 1 N–H and O–H groups in total. The van der Waals surface area contributed by atoms with Crippen molar-refractivity contribution in [1.29, 1.82) is 0 Å². The Balaban J connectivity index is 1.85. The highest BCUT2D eigenvalue weighted by Crippen LogP contribution is 2.39. The van der Waals surface area contributed by atoms with Gasteiger partial charge in [0, 0.05) is 10.9 Å². The van der Waals surface area contributed by atoms with E-state index in [9.17, 15) is 9.18 Å². The minimum Gasteiger partial charge on any atom is -0.298 e. The number of amides is 1. The van der Waals surface area contributed by atoms with E-state index >= 15 is 0 Å². The molecule has 0 fully saturated rings. The first kappa shape index (κ1) is 16.7. The predicted octanol–water partition coefficient (Wildman–Crippen LogP) is 6.22. The van der Waals surface area contributed by atoms with Gasteiger partial charge < -0.3 is 0 Å². The van der Waals surface area contributed by atoms with E-state index in [-0.39, 0.29) is 10.6 Å². The third kappa shape index (κ3) is 3.51. The lowest BCUT2D eigenvalue weighted by atomic mass is 10.2. The summed E-state index contributed by atoms with van der Waals surface area (Å²) < 4.78 is 14.8. The molecular formula is C14H6Cl3FN2OS2. The van der Waals surface area contributed by atoms with Crippen molar-refractivity contribution in [3.63, 3.8) is 0 Å². The molecule has 0 aliphatic rings. The highest BCUT2D eigenvalue weighted by molar-refractivity contribution is 7.20. The van der Waals surface area contributed by atoms with E-state index in [4.69, 9.17) is 34.8 Å². The van der Waals surface area contributed by atoms with Gasteiger partial charge in [0.25, 0.3) is 5.91 Å². The number of nitrogens with one attached hydrogen (secondary N) is 1. The summed E-state index contributed by atoms with van der Waals surface area (Å²) in [5.41, 5.74) is 1.04. The first-order valence-corrected chi connectivity index (χ1v) is 8.95. The van der Waals surface area contributed by atoms with E-state index in [0.29, 0.717) is 25.1 Å². The van der Waals surface area contributed by atoms with Crippen molar-refractivity contribution in [2.24, 2.45) is 0 Å². The normalized spacial score (nSPS) is 10.8. The van der Waals surface area contributed by atoms with Gasteiger partial charge in [-0.1, -0.05) is 40.9 Å². The van der Waals surface area contributed by atoms with Crippen molar-refractivity contribution in [1.82, 2.24) is 4.98 Å². The smallest absolute Gasteiger partial charge is 0.261 e. The maximum atomic E-state index is 13.7. The number of rotatable bonds is 3. The van der Waals surface area contributed by atoms with Gasteiger partial charge in [-0.05, 0) is 18.2 Å². The Labute approximate surface area is 153 Å². The minimum absolute atomic E-state index is 0.0342. The monoisotopic (exact) mass is 406 g/mol. The van der Waals surface area contributed by atoms with Crippen LogP contribution in [-0.2, 0) is 0 Å². The second-order valence-electron chi connectivity index (χ2n) is 4.33. The quantitative estimate of drug-likeness (QED) is 0.559. The number of thiazole rings is 1. The molecule has 0 aliphatic carbocycles. The molecule has 3 aromatic rings. The van der Waals surface area contributed by atoms with Crippen LogP contribution in [0, 0.1) is 5.82 Å². The van der Waals surface area contributed by atoms with Gasteiger partial charge in [0.2, 0.25) is 0 Å². The van der Waals surface area contributed by atoms with Crippen LogP contribution in [-0.4, -0.2) is 10.9 Å². The molecule has 0 saturated heterocycles. The lowest BCUT2D eigenvalue weighted by molar-refractivity contribution is 0.102. The van der Waals surface area contributed by atoms with E-state index in [1.54, 1.807) is 11.4 Å². The zero-order valence-electron chi connectivity index (χ0n) is 11.1. The maximum Gasteiger partial charge on any atom is 0.261 e. The number of halogens is 4. The van der Waals surface area contributed by atoms with Crippen molar-refractivity contribution >= 4 is 68.5 Å². The molecule has 1 amide bonds. The molecule has 9 heteroatoms. The standard InChI is InChI=1S/C14H6Cl3FN2OS2/c15-7-2-1-3-8(18)11(7)13(21)20-14-19-9(5-22-14)6-4-10(16)23-12(6)17/h1-5H,(H,19,20,21). The van der Waals surface area contributed by atoms with Gasteiger partial charge in [-0.2, -0.15) is 0 Å². The van der Waals surface area contributed by atoms with Crippen LogP contribution in [0.4, 0.5) is 9.52 Å². The maximum absolute atomic E-state index is 13.7. The van der Waals surface area contributed by atoms with Gasteiger partial charge in [-0.25, -0.2) is 9.37 Å². The summed E-state index contributed by atoms with van der Waals surface area (Å²) in [4.78, 5) is 16.4. The number of benzene rings is 1. The van der Waals surface area contributed by atoms with Gasteiger partial charge in [-0.3, -0.25) is 10.1 Å². The SMILES string of the molecule is O=C(Nc1nc(-c2cc(Cl)sc2Cl)cs1)c1c(F)cccc1Cl. The summed E-state index contributed by atoms with van der Waals surface area (Å²) in [6, 6.07) is 5.74. The van der Waals surface area contributed by atoms with Crippen LogP contribution >= 0.6 is 57.5 Å². The minimum atomic E-state index is -0.695. The molecule has 3 rings (SSSR count). The highest BCUT2D eigenvalue weighted by Gasteiger charge is 2.18. The highest BCUT2D eigenvalue weighted by atomic mass is 35.5. The lowest BCUT2D eigenvalue weighted by Crippen LogP contribution is -2.14. The summed E-state index contributed by atoms with van der Waals surface area (Å²) in [5.74, 6) is -1.36. The zero-order valence-corrected chi connectivity index (χ0v) is 15.0. The van der Waals surface area contributed by atoms with Crippen LogP contribution in [0.3, 0.4) is 0 Å². The van der Waals surface area contributed by atoms with Crippen LogP contribution in [0.2, 0.25) is 13.7 Å². The summed E-state index contributed by atoms with van der Waals surface area (Å²) in [6.07, 6.45) is 0. The lowest BCUT2D eigenvalue weighted by Gasteiger charge is -2.04. The average Bonchev–Trinajstić information content (AvgIpc) is 3.05. The summed E-state index contributed by atoms with van der Waals surface area (Å²) >= 11 is 20.3. The molecule has 0 unspecified atom stereocenters. The molecule has 3 nitrogen and oxygen atoms in total. The molecule has 1 aromatic carbocycles. The second kappa shape index (κ2) is 6.75. The summed E-state index contributed by atoms with van der Waals surface area (Å²) in [7, 11) is 0. The fourth-order valence-electron chi connectivity index (χ4n) is 1.84. The molecule has 0 aliphatic heterocycles. The second-order valence-corrected chi connectivity index (χ2v) is 7.88. The number of hydrogen-bond donors (Lipinski definition) is 1. The first-order chi connectivity index (χ1) is 11.0. The molecule has 2 heterocycles. The third-order valence-electron chi connectivity index (χ3n) is 2.85. The van der Waals surface area contributed by atoms with Crippen molar-refractivity contribution in [3.05, 3.63) is 54.7 Å². The summed E-state index contributed by atoms with van der Waals surface area (Å²) in [6.45, 7) is 0. The van der Waals surface area contributed by atoms with Gasteiger partial charge in [0.05, 0.1) is 20.6 Å². The van der Waals surface area contributed by atoms with Crippen LogP contribution in [0.1, 0.15) is 10.4 Å². The molecular weight excluding hydrogens is 402 g/mol. The molecule has 2 aromatic heterocycles. The van der Waals surface area contributed by atoms with Crippen molar-refractivity contribution < 1.29 is 9.18 Å². The predicted molar refractivity (Wildman–Crippen MR) is 94.8 cm³/mol. The molecule has 0 bridgehead atoms. The fraction of sp³-hybridized carbons (Fsp3) is 0. The van der Waals surface area contributed by atoms with Crippen LogP contribution in [0.25, 0.3) is 11.3 Å².